The van der Waals surface area contributed by atoms with Gasteiger partial charge in [-0.2, -0.15) is 0 Å². The maximum atomic E-state index is 12.2. The summed E-state index contributed by atoms with van der Waals surface area (Å²) in [6.07, 6.45) is 5.09. The van der Waals surface area contributed by atoms with E-state index in [1.54, 1.807) is 6.20 Å². The second kappa shape index (κ2) is 12.0. The molecule has 6 heteroatoms. The number of ether oxygens (including phenoxy) is 1. The Kier molecular flexibility index (Phi) is 9.28. The summed E-state index contributed by atoms with van der Waals surface area (Å²) in [6, 6.07) is 11.7. The Morgan fingerprint density at radius 1 is 1.11 bits per heavy atom. The van der Waals surface area contributed by atoms with E-state index >= 15 is 0 Å². The van der Waals surface area contributed by atoms with E-state index in [1.165, 1.54) is 0 Å². The van der Waals surface area contributed by atoms with E-state index in [0.717, 1.165) is 43.0 Å². The van der Waals surface area contributed by atoms with Gasteiger partial charge in [-0.3, -0.25) is 14.7 Å². The van der Waals surface area contributed by atoms with Crippen LogP contribution in [0.1, 0.15) is 32.3 Å². The number of nitrogens with zero attached hydrogens (tertiary/aromatic N) is 3. The topological polar surface area (TPSA) is 71.7 Å². The molecule has 2 rings (SSSR count). The highest BCUT2D eigenvalue weighted by atomic mass is 16.5. The Labute approximate surface area is 168 Å². The lowest BCUT2D eigenvalue weighted by molar-refractivity contribution is -0.143. The van der Waals surface area contributed by atoms with Gasteiger partial charge < -0.3 is 15.4 Å². The molecule has 0 atom stereocenters. The van der Waals surface area contributed by atoms with Gasteiger partial charge in [-0.25, -0.2) is 0 Å². The molecule has 0 aliphatic rings. The number of hydrogen-bond donors (Lipinski definition) is 1. The van der Waals surface area contributed by atoms with Crippen LogP contribution >= 0.6 is 0 Å². The van der Waals surface area contributed by atoms with Crippen molar-refractivity contribution < 1.29 is 9.53 Å². The molecule has 28 heavy (non-hydrogen) atoms. The van der Waals surface area contributed by atoms with Crippen LogP contribution in [-0.2, 0) is 16.1 Å². The Morgan fingerprint density at radius 3 is 2.54 bits per heavy atom. The van der Waals surface area contributed by atoms with Gasteiger partial charge in [0.05, 0.1) is 13.0 Å². The molecule has 152 valence electrons. The lowest BCUT2D eigenvalue weighted by Crippen LogP contribution is -2.30. The number of pyridine rings is 1. The molecule has 1 aromatic heterocycles. The zero-order chi connectivity index (χ0) is 20.2. The summed E-state index contributed by atoms with van der Waals surface area (Å²) in [5.74, 6) is -0.152. The molecule has 0 saturated heterocycles. The van der Waals surface area contributed by atoms with Gasteiger partial charge in [-0.05, 0) is 55.8 Å². The zero-order valence-corrected chi connectivity index (χ0v) is 17.0. The average molecular weight is 385 g/mol. The van der Waals surface area contributed by atoms with Gasteiger partial charge in [-0.15, -0.1) is 0 Å². The first-order valence-electron chi connectivity index (χ1n) is 9.99. The summed E-state index contributed by atoms with van der Waals surface area (Å²) in [5, 5.41) is 0. The third-order valence-corrected chi connectivity index (χ3v) is 4.57. The molecule has 0 amide bonds. The third kappa shape index (κ3) is 7.56. The number of anilines is 2. The smallest absolute Gasteiger partial charge is 0.307 e. The largest absolute Gasteiger partial charge is 0.464 e. The Bertz CT molecular complexity index is 691. The van der Waals surface area contributed by atoms with Crippen LogP contribution in [0.3, 0.4) is 0 Å². The first kappa shape index (κ1) is 21.7. The van der Waals surface area contributed by atoms with E-state index in [-0.39, 0.29) is 5.97 Å². The van der Waals surface area contributed by atoms with Gasteiger partial charge in [0, 0.05) is 43.4 Å². The molecule has 1 aromatic carbocycles. The van der Waals surface area contributed by atoms with Crippen LogP contribution < -0.4 is 10.6 Å². The molecular weight excluding hydrogens is 352 g/mol. The number of likely N-dealkylation sites (N-methyl/N-ethyl adjacent to an activating group) is 1. The first-order valence-corrected chi connectivity index (χ1v) is 9.99. The van der Waals surface area contributed by atoms with Crippen molar-refractivity contribution in [2.45, 2.75) is 33.2 Å². The van der Waals surface area contributed by atoms with E-state index in [1.807, 2.05) is 36.5 Å². The molecular formula is C22H32N4O2. The van der Waals surface area contributed by atoms with Crippen molar-refractivity contribution in [3.05, 3.63) is 54.4 Å². The maximum absolute atomic E-state index is 12.2. The molecule has 6 nitrogen and oxygen atoms in total. The SMILES string of the molecule is CCCN(CCC(=O)OCCN(CC)c1ccc(N)cc1)Cc1cccnc1. The number of aromatic nitrogens is 1. The van der Waals surface area contributed by atoms with Crippen molar-refractivity contribution >= 4 is 17.3 Å². The van der Waals surface area contributed by atoms with Crippen molar-refractivity contribution in [3.63, 3.8) is 0 Å². The molecule has 0 radical (unpaired) electrons. The van der Waals surface area contributed by atoms with Gasteiger partial charge in [0.2, 0.25) is 0 Å². The van der Waals surface area contributed by atoms with Crippen molar-refractivity contribution in [3.8, 4) is 0 Å². The summed E-state index contributed by atoms with van der Waals surface area (Å²) in [5.41, 5.74) is 8.73. The molecule has 2 N–H and O–H groups in total. The molecule has 2 aromatic rings. The molecule has 0 aliphatic carbocycles. The number of nitrogen functional groups attached to an aromatic ring is 1. The van der Waals surface area contributed by atoms with Gasteiger partial charge >= 0.3 is 5.97 Å². The molecule has 0 fully saturated rings. The lowest BCUT2D eigenvalue weighted by Gasteiger charge is -2.23. The fourth-order valence-corrected chi connectivity index (χ4v) is 3.08. The van der Waals surface area contributed by atoms with E-state index in [9.17, 15) is 4.79 Å². The molecule has 0 spiro atoms. The maximum Gasteiger partial charge on any atom is 0.307 e. The standard InChI is InChI=1S/C22H32N4O2/c1-3-13-25(18-19-6-5-12-24-17-19)14-11-22(27)28-16-15-26(4-2)21-9-7-20(23)8-10-21/h5-10,12,17H,3-4,11,13-16,18,23H2,1-2H3. The summed E-state index contributed by atoms with van der Waals surface area (Å²) >= 11 is 0. The van der Waals surface area contributed by atoms with Crippen molar-refractivity contribution in [2.24, 2.45) is 0 Å². The predicted octanol–water partition coefficient (Wildman–Crippen LogP) is 3.34. The van der Waals surface area contributed by atoms with E-state index in [4.69, 9.17) is 10.5 Å². The quantitative estimate of drug-likeness (QED) is 0.447. The average Bonchev–Trinajstić information content (AvgIpc) is 2.71. The van der Waals surface area contributed by atoms with Crippen LogP contribution in [0.2, 0.25) is 0 Å². The molecule has 1 heterocycles. The van der Waals surface area contributed by atoms with Crippen LogP contribution in [-0.4, -0.2) is 48.6 Å². The third-order valence-electron chi connectivity index (χ3n) is 4.57. The minimum Gasteiger partial charge on any atom is -0.464 e. The molecule has 0 unspecified atom stereocenters. The fraction of sp³-hybridized carbons (Fsp3) is 0.455. The van der Waals surface area contributed by atoms with Gasteiger partial charge in [0.25, 0.3) is 0 Å². The van der Waals surface area contributed by atoms with Gasteiger partial charge in [-0.1, -0.05) is 13.0 Å². The van der Waals surface area contributed by atoms with Gasteiger partial charge in [0.1, 0.15) is 6.61 Å². The van der Waals surface area contributed by atoms with Crippen molar-refractivity contribution in [1.29, 1.82) is 0 Å². The van der Waals surface area contributed by atoms with E-state index < -0.39 is 0 Å². The highest BCUT2D eigenvalue weighted by Gasteiger charge is 2.11. The van der Waals surface area contributed by atoms with Crippen LogP contribution in [0.15, 0.2) is 48.8 Å². The Balaban J connectivity index is 1.73. The van der Waals surface area contributed by atoms with Crippen LogP contribution in [0.4, 0.5) is 11.4 Å². The summed E-state index contributed by atoms with van der Waals surface area (Å²) in [6.45, 7) is 8.56. The lowest BCUT2D eigenvalue weighted by atomic mass is 10.2. The van der Waals surface area contributed by atoms with Crippen LogP contribution in [0.25, 0.3) is 0 Å². The Hall–Kier alpha value is -2.60. The van der Waals surface area contributed by atoms with E-state index in [0.29, 0.717) is 26.1 Å². The van der Waals surface area contributed by atoms with E-state index in [2.05, 4.69) is 34.7 Å². The first-order chi connectivity index (χ1) is 13.6. The predicted molar refractivity (Wildman–Crippen MR) is 114 cm³/mol. The highest BCUT2D eigenvalue weighted by Crippen LogP contribution is 2.15. The monoisotopic (exact) mass is 384 g/mol. The Morgan fingerprint density at radius 2 is 1.89 bits per heavy atom. The summed E-state index contributed by atoms with van der Waals surface area (Å²) < 4.78 is 5.45. The molecule has 0 bridgehead atoms. The number of benzene rings is 1. The number of rotatable bonds is 12. The number of carbonyl (C=O) groups excluding carboxylic acids is 1. The zero-order valence-electron chi connectivity index (χ0n) is 17.0. The summed E-state index contributed by atoms with van der Waals surface area (Å²) in [7, 11) is 0. The van der Waals surface area contributed by atoms with Crippen LogP contribution in [0.5, 0.6) is 0 Å². The highest BCUT2D eigenvalue weighted by molar-refractivity contribution is 5.69. The normalized spacial score (nSPS) is 10.8. The summed E-state index contributed by atoms with van der Waals surface area (Å²) in [4.78, 5) is 20.8. The number of nitrogens with two attached hydrogens (primary N) is 1. The molecule has 0 aliphatic heterocycles. The van der Waals surface area contributed by atoms with Crippen molar-refractivity contribution in [1.82, 2.24) is 9.88 Å². The molecule has 0 saturated carbocycles. The number of hydrogen-bond acceptors (Lipinski definition) is 6. The minimum absolute atomic E-state index is 0.152. The van der Waals surface area contributed by atoms with Crippen molar-refractivity contribution in [2.75, 3.05) is 43.4 Å². The van der Waals surface area contributed by atoms with Crippen LogP contribution in [0, 0.1) is 0 Å². The minimum atomic E-state index is -0.152. The second-order valence-electron chi connectivity index (χ2n) is 6.78. The fourth-order valence-electron chi connectivity index (χ4n) is 3.08. The number of carbonyl (C=O) groups is 1. The second-order valence-corrected chi connectivity index (χ2v) is 6.78. The number of esters is 1. The van der Waals surface area contributed by atoms with Gasteiger partial charge in [0.15, 0.2) is 0 Å².